The highest BCUT2D eigenvalue weighted by Crippen LogP contribution is 2.25. The lowest BCUT2D eigenvalue weighted by molar-refractivity contribution is -0.113. The first-order chi connectivity index (χ1) is 15.3. The van der Waals surface area contributed by atoms with Crippen LogP contribution in [0.15, 0.2) is 47.6 Å². The summed E-state index contributed by atoms with van der Waals surface area (Å²) in [6.07, 6.45) is 0. The molecule has 2 amide bonds. The van der Waals surface area contributed by atoms with Gasteiger partial charge in [-0.3, -0.25) is 9.59 Å². The van der Waals surface area contributed by atoms with Crippen LogP contribution in [0.1, 0.15) is 29.1 Å². The molecule has 0 radical (unpaired) electrons. The van der Waals surface area contributed by atoms with Crippen molar-refractivity contribution in [3.05, 3.63) is 63.9 Å². The zero-order valence-corrected chi connectivity index (χ0v) is 19.9. The molecule has 11 heteroatoms. The summed E-state index contributed by atoms with van der Waals surface area (Å²) >= 11 is 13.1. The van der Waals surface area contributed by atoms with Crippen molar-refractivity contribution in [2.24, 2.45) is 7.05 Å². The zero-order valence-electron chi connectivity index (χ0n) is 17.6. The van der Waals surface area contributed by atoms with Crippen LogP contribution < -0.4 is 15.4 Å². The number of carbonyl (C=O) groups is 2. The van der Waals surface area contributed by atoms with E-state index in [1.54, 1.807) is 61.2 Å². The minimum atomic E-state index is -0.388. The summed E-state index contributed by atoms with van der Waals surface area (Å²) in [5.74, 6) is 0.905. The molecule has 0 spiro atoms. The third kappa shape index (κ3) is 5.93. The fourth-order valence-corrected chi connectivity index (χ4v) is 3.83. The Hall–Kier alpha value is -2.75. The van der Waals surface area contributed by atoms with Crippen molar-refractivity contribution in [2.75, 3.05) is 18.2 Å². The number of hydrogen-bond acceptors (Lipinski definition) is 6. The van der Waals surface area contributed by atoms with Crippen LogP contribution in [0.25, 0.3) is 0 Å². The lowest BCUT2D eigenvalue weighted by Gasteiger charge is -2.14. The molecule has 0 saturated carbocycles. The number of methoxy groups -OCH3 is 1. The van der Waals surface area contributed by atoms with Gasteiger partial charge in [-0.15, -0.1) is 10.2 Å². The molecule has 0 aliphatic carbocycles. The van der Waals surface area contributed by atoms with E-state index in [0.29, 0.717) is 38.0 Å². The van der Waals surface area contributed by atoms with E-state index in [9.17, 15) is 9.59 Å². The molecule has 1 aromatic heterocycles. The number of rotatable bonds is 8. The number of amides is 2. The van der Waals surface area contributed by atoms with Gasteiger partial charge in [0.15, 0.2) is 11.0 Å². The van der Waals surface area contributed by atoms with Crippen LogP contribution in [0.4, 0.5) is 5.69 Å². The molecule has 2 N–H and O–H groups in total. The second kappa shape index (κ2) is 10.7. The average molecular weight is 494 g/mol. The Morgan fingerprint density at radius 1 is 1.12 bits per heavy atom. The molecule has 2 aromatic carbocycles. The molecule has 0 aliphatic rings. The van der Waals surface area contributed by atoms with E-state index < -0.39 is 0 Å². The number of nitrogens with zero attached hydrogens (tertiary/aromatic N) is 3. The predicted molar refractivity (Wildman–Crippen MR) is 126 cm³/mol. The van der Waals surface area contributed by atoms with Gasteiger partial charge >= 0.3 is 0 Å². The largest absolute Gasteiger partial charge is 0.497 e. The smallest absolute Gasteiger partial charge is 0.251 e. The zero-order chi connectivity index (χ0) is 23.3. The normalized spacial score (nSPS) is 11.7. The van der Waals surface area contributed by atoms with Gasteiger partial charge in [0, 0.05) is 18.3 Å². The highest BCUT2D eigenvalue weighted by atomic mass is 35.5. The second-order valence-corrected chi connectivity index (χ2v) is 8.55. The van der Waals surface area contributed by atoms with E-state index in [1.807, 2.05) is 6.92 Å². The number of benzene rings is 2. The number of hydrogen-bond donors (Lipinski definition) is 2. The Kier molecular flexibility index (Phi) is 8.00. The number of halogens is 2. The summed E-state index contributed by atoms with van der Waals surface area (Å²) in [4.78, 5) is 24.7. The van der Waals surface area contributed by atoms with Gasteiger partial charge in [-0.25, -0.2) is 0 Å². The van der Waals surface area contributed by atoms with Crippen molar-refractivity contribution in [2.45, 2.75) is 18.1 Å². The molecule has 8 nitrogen and oxygen atoms in total. The first kappa shape index (κ1) is 23.9. The lowest BCUT2D eigenvalue weighted by atomic mass is 10.2. The number of thioether (sulfide) groups is 1. The van der Waals surface area contributed by atoms with Crippen molar-refractivity contribution in [1.29, 1.82) is 0 Å². The van der Waals surface area contributed by atoms with Crippen LogP contribution in [-0.4, -0.2) is 39.4 Å². The van der Waals surface area contributed by atoms with Crippen molar-refractivity contribution in [1.82, 2.24) is 20.1 Å². The lowest BCUT2D eigenvalue weighted by Crippen LogP contribution is -2.28. The maximum Gasteiger partial charge on any atom is 0.251 e. The molecule has 0 aliphatic heterocycles. The molecule has 3 rings (SSSR count). The summed E-state index contributed by atoms with van der Waals surface area (Å²) in [6.45, 7) is 1.82. The Bertz CT molecular complexity index is 1120. The summed E-state index contributed by atoms with van der Waals surface area (Å²) in [5.41, 5.74) is 1.06. The van der Waals surface area contributed by atoms with Crippen LogP contribution >= 0.6 is 35.0 Å². The van der Waals surface area contributed by atoms with Crippen molar-refractivity contribution in [3.8, 4) is 5.75 Å². The fraction of sp³-hybridized carbons (Fsp3) is 0.238. The van der Waals surface area contributed by atoms with E-state index in [4.69, 9.17) is 27.9 Å². The summed E-state index contributed by atoms with van der Waals surface area (Å²) in [5, 5.41) is 15.3. The number of carbonyl (C=O) groups excluding carboxylic acids is 2. The van der Waals surface area contributed by atoms with E-state index in [1.165, 1.54) is 11.8 Å². The van der Waals surface area contributed by atoms with Crippen molar-refractivity contribution < 1.29 is 14.3 Å². The first-order valence-corrected chi connectivity index (χ1v) is 11.2. The minimum Gasteiger partial charge on any atom is -0.497 e. The molecule has 0 fully saturated rings. The van der Waals surface area contributed by atoms with Gasteiger partial charge in [0.2, 0.25) is 5.91 Å². The van der Waals surface area contributed by atoms with Crippen LogP contribution in [0.5, 0.6) is 5.75 Å². The molecule has 1 atom stereocenters. The van der Waals surface area contributed by atoms with E-state index >= 15 is 0 Å². The molecule has 3 aromatic rings. The Morgan fingerprint density at radius 3 is 2.50 bits per heavy atom. The van der Waals surface area contributed by atoms with Crippen molar-refractivity contribution >= 4 is 52.5 Å². The Balaban J connectivity index is 1.57. The number of anilines is 1. The van der Waals surface area contributed by atoms with Crippen LogP contribution in [-0.2, 0) is 11.8 Å². The van der Waals surface area contributed by atoms with Gasteiger partial charge in [0.05, 0.1) is 28.9 Å². The second-order valence-electron chi connectivity index (χ2n) is 6.79. The molecule has 32 heavy (non-hydrogen) atoms. The first-order valence-electron chi connectivity index (χ1n) is 9.50. The van der Waals surface area contributed by atoms with Gasteiger partial charge in [-0.2, -0.15) is 0 Å². The van der Waals surface area contributed by atoms with Crippen molar-refractivity contribution in [3.63, 3.8) is 0 Å². The van der Waals surface area contributed by atoms with Gasteiger partial charge in [0.1, 0.15) is 5.75 Å². The Morgan fingerprint density at radius 2 is 1.84 bits per heavy atom. The minimum absolute atomic E-state index is 0.124. The molecule has 0 saturated heterocycles. The number of aromatic nitrogens is 3. The van der Waals surface area contributed by atoms with Gasteiger partial charge < -0.3 is 19.9 Å². The van der Waals surface area contributed by atoms with E-state index in [-0.39, 0.29) is 23.6 Å². The maximum atomic E-state index is 12.5. The highest BCUT2D eigenvalue weighted by Gasteiger charge is 2.19. The third-order valence-electron chi connectivity index (χ3n) is 4.49. The average Bonchev–Trinajstić information content (AvgIpc) is 3.15. The van der Waals surface area contributed by atoms with Crippen LogP contribution in [0.3, 0.4) is 0 Å². The molecule has 0 unspecified atom stereocenters. The standard InChI is InChI=1S/C21H21Cl2N5O3S/c1-12(24-20(30)13-4-7-15(31-3)8-5-13)19-26-27-21(28(19)2)32-11-18(29)25-14-6-9-16(22)17(23)10-14/h4-10,12H,11H2,1-3H3,(H,24,30)(H,25,29)/t12-/m0/s1. The third-order valence-corrected chi connectivity index (χ3v) is 6.25. The van der Waals surface area contributed by atoms with E-state index in [0.717, 1.165) is 0 Å². The summed E-state index contributed by atoms with van der Waals surface area (Å²) in [7, 11) is 3.35. The predicted octanol–water partition coefficient (Wildman–Crippen LogP) is 4.35. The number of nitrogens with one attached hydrogen (secondary N) is 2. The van der Waals surface area contributed by atoms with Crippen LogP contribution in [0, 0.1) is 0 Å². The summed E-state index contributed by atoms with van der Waals surface area (Å²) < 4.78 is 6.85. The maximum absolute atomic E-state index is 12.5. The quantitative estimate of drug-likeness (QED) is 0.452. The van der Waals surface area contributed by atoms with E-state index in [2.05, 4.69) is 20.8 Å². The molecular weight excluding hydrogens is 473 g/mol. The number of ether oxygens (including phenoxy) is 1. The molecule has 1 heterocycles. The topological polar surface area (TPSA) is 98.1 Å². The monoisotopic (exact) mass is 493 g/mol. The van der Waals surface area contributed by atoms with Crippen LogP contribution in [0.2, 0.25) is 10.0 Å². The molecular formula is C21H21Cl2N5O3S. The van der Waals surface area contributed by atoms with Gasteiger partial charge in [0.25, 0.3) is 5.91 Å². The fourth-order valence-electron chi connectivity index (χ4n) is 2.82. The Labute approximate surface area is 199 Å². The SMILES string of the molecule is COc1ccc(C(=O)N[C@@H](C)c2nnc(SCC(=O)Nc3ccc(Cl)c(Cl)c3)n2C)cc1. The highest BCUT2D eigenvalue weighted by molar-refractivity contribution is 7.99. The van der Waals surface area contributed by atoms with Gasteiger partial charge in [-0.1, -0.05) is 35.0 Å². The van der Waals surface area contributed by atoms with Gasteiger partial charge in [-0.05, 0) is 49.4 Å². The summed E-state index contributed by atoms with van der Waals surface area (Å²) in [6, 6.07) is 11.3. The molecule has 168 valence electrons. The molecule has 0 bridgehead atoms.